The fourth-order valence-corrected chi connectivity index (χ4v) is 3.80. The van der Waals surface area contributed by atoms with Gasteiger partial charge in [-0.2, -0.15) is 0 Å². The molecule has 0 unspecified atom stereocenters. The van der Waals surface area contributed by atoms with E-state index in [0.717, 1.165) is 48.3 Å². The molecule has 1 amide bonds. The van der Waals surface area contributed by atoms with Crippen molar-refractivity contribution in [3.63, 3.8) is 0 Å². The molecule has 4 rings (SSSR count). The first-order chi connectivity index (χ1) is 12.5. The molecule has 0 bridgehead atoms. The Kier molecular flexibility index (Phi) is 4.19. The molecule has 1 N–H and O–H groups in total. The van der Waals surface area contributed by atoms with Crippen molar-refractivity contribution in [2.75, 3.05) is 31.1 Å². The van der Waals surface area contributed by atoms with Crippen LogP contribution in [0.4, 0.5) is 5.69 Å². The number of aromatic amines is 1. The molecule has 1 saturated heterocycles. The van der Waals surface area contributed by atoms with E-state index < -0.39 is 0 Å². The summed E-state index contributed by atoms with van der Waals surface area (Å²) in [6, 6.07) is 14.9. The molecule has 3 aromatic rings. The summed E-state index contributed by atoms with van der Waals surface area (Å²) in [7, 11) is 0. The van der Waals surface area contributed by atoms with Gasteiger partial charge in [0.1, 0.15) is 5.69 Å². The number of fused-ring (bicyclic) bond motifs is 1. The topological polar surface area (TPSA) is 39.3 Å². The Bertz CT molecular complexity index is 965. The Hall–Kier alpha value is -2.75. The van der Waals surface area contributed by atoms with Crippen LogP contribution in [-0.2, 0) is 0 Å². The molecule has 1 aliphatic rings. The molecule has 1 aromatic heterocycles. The van der Waals surface area contributed by atoms with E-state index in [1.165, 1.54) is 16.8 Å². The highest BCUT2D eigenvalue weighted by Gasteiger charge is 2.25. The molecule has 1 aliphatic heterocycles. The molecule has 4 nitrogen and oxygen atoms in total. The number of carbonyl (C=O) groups excluding carboxylic acids is 1. The lowest BCUT2D eigenvalue weighted by atomic mass is 10.1. The molecule has 0 saturated carbocycles. The van der Waals surface area contributed by atoms with E-state index >= 15 is 0 Å². The van der Waals surface area contributed by atoms with Crippen LogP contribution in [0.2, 0.25) is 0 Å². The van der Waals surface area contributed by atoms with Crippen LogP contribution in [0.15, 0.2) is 42.5 Å². The van der Waals surface area contributed by atoms with Gasteiger partial charge in [-0.3, -0.25) is 4.79 Å². The van der Waals surface area contributed by atoms with E-state index in [0.29, 0.717) is 0 Å². The molecule has 4 heteroatoms. The quantitative estimate of drug-likeness (QED) is 0.759. The van der Waals surface area contributed by atoms with Crippen molar-refractivity contribution in [1.29, 1.82) is 0 Å². The van der Waals surface area contributed by atoms with E-state index in [4.69, 9.17) is 0 Å². The van der Waals surface area contributed by atoms with Crippen LogP contribution in [0.5, 0.6) is 0 Å². The van der Waals surface area contributed by atoms with Gasteiger partial charge >= 0.3 is 0 Å². The number of benzene rings is 2. The summed E-state index contributed by atoms with van der Waals surface area (Å²) in [6.45, 7) is 9.47. The minimum absolute atomic E-state index is 0.111. The Balaban J connectivity index is 1.51. The van der Waals surface area contributed by atoms with Gasteiger partial charge < -0.3 is 14.8 Å². The number of amides is 1. The smallest absolute Gasteiger partial charge is 0.270 e. The normalized spacial score (nSPS) is 14.9. The molecule has 2 heterocycles. The monoisotopic (exact) mass is 347 g/mol. The number of hydrogen-bond donors (Lipinski definition) is 1. The molecule has 1 fully saturated rings. The van der Waals surface area contributed by atoms with Crippen LogP contribution in [0, 0.1) is 20.8 Å². The number of nitrogens with zero attached hydrogens (tertiary/aromatic N) is 2. The van der Waals surface area contributed by atoms with Gasteiger partial charge in [0.25, 0.3) is 5.91 Å². The molecule has 26 heavy (non-hydrogen) atoms. The van der Waals surface area contributed by atoms with Gasteiger partial charge in [0.15, 0.2) is 0 Å². The summed E-state index contributed by atoms with van der Waals surface area (Å²) in [5, 5.41) is 1.15. The zero-order valence-corrected chi connectivity index (χ0v) is 15.7. The van der Waals surface area contributed by atoms with Crippen molar-refractivity contribution < 1.29 is 4.79 Å². The third-order valence-corrected chi connectivity index (χ3v) is 5.36. The maximum absolute atomic E-state index is 13.0. The lowest BCUT2D eigenvalue weighted by molar-refractivity contribution is 0.0741. The first-order valence-electron chi connectivity index (χ1n) is 9.23. The first kappa shape index (κ1) is 16.7. The molecule has 0 spiro atoms. The standard InChI is InChI=1S/C22H25N3O/c1-15-5-4-6-18(13-15)24-9-11-25(12-10-24)22(26)21-17(3)19-14-16(2)7-8-20(19)23-21/h4-8,13-14,23H,9-12H2,1-3H3. The summed E-state index contributed by atoms with van der Waals surface area (Å²) < 4.78 is 0. The van der Waals surface area contributed by atoms with Crippen molar-refractivity contribution in [2.24, 2.45) is 0 Å². The summed E-state index contributed by atoms with van der Waals surface area (Å²) in [5.74, 6) is 0.111. The van der Waals surface area contributed by atoms with Gasteiger partial charge in [0.2, 0.25) is 0 Å². The van der Waals surface area contributed by atoms with Gasteiger partial charge in [-0.1, -0.05) is 23.8 Å². The van der Waals surface area contributed by atoms with Crippen molar-refractivity contribution in [3.8, 4) is 0 Å². The fraction of sp³-hybridized carbons (Fsp3) is 0.318. The van der Waals surface area contributed by atoms with Gasteiger partial charge in [-0.05, 0) is 56.2 Å². The third kappa shape index (κ3) is 2.96. The van der Waals surface area contributed by atoms with Crippen LogP contribution in [0.25, 0.3) is 10.9 Å². The molecule has 2 aromatic carbocycles. The Morgan fingerprint density at radius 1 is 0.923 bits per heavy atom. The number of anilines is 1. The number of aryl methyl sites for hydroxylation is 3. The van der Waals surface area contributed by atoms with E-state index in [9.17, 15) is 4.79 Å². The molecule has 0 atom stereocenters. The maximum atomic E-state index is 13.0. The lowest BCUT2D eigenvalue weighted by Crippen LogP contribution is -2.49. The van der Waals surface area contributed by atoms with Crippen LogP contribution < -0.4 is 4.90 Å². The third-order valence-electron chi connectivity index (χ3n) is 5.36. The zero-order chi connectivity index (χ0) is 18.3. The van der Waals surface area contributed by atoms with Crippen molar-refractivity contribution in [2.45, 2.75) is 20.8 Å². The van der Waals surface area contributed by atoms with E-state index in [1.54, 1.807) is 0 Å². The minimum atomic E-state index is 0.111. The lowest BCUT2D eigenvalue weighted by Gasteiger charge is -2.36. The number of piperazine rings is 1. The highest BCUT2D eigenvalue weighted by molar-refractivity contribution is 6.01. The molecule has 0 aliphatic carbocycles. The molecular weight excluding hydrogens is 322 g/mol. The summed E-state index contributed by atoms with van der Waals surface area (Å²) in [5.41, 5.74) is 6.55. The van der Waals surface area contributed by atoms with Crippen LogP contribution in [-0.4, -0.2) is 42.0 Å². The number of carbonyl (C=O) groups is 1. The second-order valence-corrected chi connectivity index (χ2v) is 7.29. The highest BCUT2D eigenvalue weighted by atomic mass is 16.2. The average Bonchev–Trinajstić information content (AvgIpc) is 2.97. The number of hydrogen-bond acceptors (Lipinski definition) is 2. The summed E-state index contributed by atoms with van der Waals surface area (Å²) in [4.78, 5) is 20.7. The highest BCUT2D eigenvalue weighted by Crippen LogP contribution is 2.25. The van der Waals surface area contributed by atoms with E-state index in [2.05, 4.69) is 66.2 Å². The van der Waals surface area contributed by atoms with Gasteiger partial charge in [0, 0.05) is 42.8 Å². The summed E-state index contributed by atoms with van der Waals surface area (Å²) in [6.07, 6.45) is 0. The van der Waals surface area contributed by atoms with Crippen molar-refractivity contribution in [3.05, 3.63) is 64.8 Å². The number of H-pyrrole nitrogens is 1. The molecule has 134 valence electrons. The van der Waals surface area contributed by atoms with Gasteiger partial charge in [-0.15, -0.1) is 0 Å². The molecular formula is C22H25N3O. The fourth-order valence-electron chi connectivity index (χ4n) is 3.80. The number of rotatable bonds is 2. The Morgan fingerprint density at radius 2 is 1.65 bits per heavy atom. The summed E-state index contributed by atoms with van der Waals surface area (Å²) >= 11 is 0. The van der Waals surface area contributed by atoms with Gasteiger partial charge in [0.05, 0.1) is 0 Å². The Morgan fingerprint density at radius 3 is 2.38 bits per heavy atom. The number of nitrogens with one attached hydrogen (secondary N) is 1. The Labute approximate surface area is 154 Å². The van der Waals surface area contributed by atoms with E-state index in [1.807, 2.05) is 11.8 Å². The SMILES string of the molecule is Cc1cccc(N2CCN(C(=O)c3[nH]c4ccc(C)cc4c3C)CC2)c1. The maximum Gasteiger partial charge on any atom is 0.270 e. The second kappa shape index (κ2) is 6.52. The zero-order valence-electron chi connectivity index (χ0n) is 15.7. The average molecular weight is 347 g/mol. The van der Waals surface area contributed by atoms with Crippen LogP contribution in [0.1, 0.15) is 27.2 Å². The van der Waals surface area contributed by atoms with E-state index in [-0.39, 0.29) is 5.91 Å². The number of aromatic nitrogens is 1. The molecule has 0 radical (unpaired) electrons. The first-order valence-corrected chi connectivity index (χ1v) is 9.23. The second-order valence-electron chi connectivity index (χ2n) is 7.29. The van der Waals surface area contributed by atoms with Crippen molar-refractivity contribution in [1.82, 2.24) is 9.88 Å². The van der Waals surface area contributed by atoms with Gasteiger partial charge in [-0.25, -0.2) is 0 Å². The van der Waals surface area contributed by atoms with Crippen LogP contribution >= 0.6 is 0 Å². The van der Waals surface area contributed by atoms with Crippen LogP contribution in [0.3, 0.4) is 0 Å². The van der Waals surface area contributed by atoms with Crippen molar-refractivity contribution >= 4 is 22.5 Å². The minimum Gasteiger partial charge on any atom is -0.368 e. The predicted molar refractivity (Wildman–Crippen MR) is 107 cm³/mol. The predicted octanol–water partition coefficient (Wildman–Crippen LogP) is 4.06. The largest absolute Gasteiger partial charge is 0.368 e.